The van der Waals surface area contributed by atoms with E-state index in [0.717, 1.165) is 25.7 Å². The van der Waals surface area contributed by atoms with E-state index < -0.39 is 5.82 Å². The molecule has 1 saturated carbocycles. The van der Waals surface area contributed by atoms with Crippen molar-refractivity contribution in [3.63, 3.8) is 0 Å². The fraction of sp³-hybridized carbons (Fsp3) is 0.500. The van der Waals surface area contributed by atoms with Gasteiger partial charge >= 0.3 is 0 Å². The summed E-state index contributed by atoms with van der Waals surface area (Å²) in [6.45, 7) is 0. The molecule has 1 aliphatic carbocycles. The Balaban J connectivity index is 2.02. The first-order chi connectivity index (χ1) is 8.70. The Labute approximate surface area is 106 Å². The van der Waals surface area contributed by atoms with Gasteiger partial charge in [-0.25, -0.2) is 4.39 Å². The summed E-state index contributed by atoms with van der Waals surface area (Å²) in [7, 11) is 1.48. The summed E-state index contributed by atoms with van der Waals surface area (Å²) in [5, 5.41) is 2.66. The summed E-state index contributed by atoms with van der Waals surface area (Å²) in [6, 6.07) is 4.45. The molecule has 0 bridgehead atoms. The Morgan fingerprint density at radius 1 is 1.33 bits per heavy atom. The SMILES string of the molecule is COc1ccc(NC(=O)C2CCCCC2)c(F)c1. The Hall–Kier alpha value is -1.58. The van der Waals surface area contributed by atoms with Crippen molar-refractivity contribution in [1.29, 1.82) is 0 Å². The second kappa shape index (κ2) is 5.85. The molecular weight excluding hydrogens is 233 g/mol. The van der Waals surface area contributed by atoms with E-state index in [1.54, 1.807) is 6.07 Å². The van der Waals surface area contributed by atoms with E-state index in [2.05, 4.69) is 5.32 Å². The van der Waals surface area contributed by atoms with Gasteiger partial charge in [0.2, 0.25) is 5.91 Å². The summed E-state index contributed by atoms with van der Waals surface area (Å²) in [4.78, 5) is 12.0. The van der Waals surface area contributed by atoms with E-state index in [0.29, 0.717) is 5.75 Å². The fourth-order valence-electron chi connectivity index (χ4n) is 2.32. The molecule has 1 aromatic carbocycles. The van der Waals surface area contributed by atoms with Gasteiger partial charge in [0, 0.05) is 12.0 Å². The molecule has 0 radical (unpaired) electrons. The lowest BCUT2D eigenvalue weighted by Crippen LogP contribution is -2.25. The maximum atomic E-state index is 13.7. The lowest BCUT2D eigenvalue weighted by molar-refractivity contribution is -0.120. The molecule has 0 atom stereocenters. The zero-order valence-electron chi connectivity index (χ0n) is 10.5. The van der Waals surface area contributed by atoms with Gasteiger partial charge in [0.1, 0.15) is 11.6 Å². The van der Waals surface area contributed by atoms with Crippen LogP contribution in [0.1, 0.15) is 32.1 Å². The van der Waals surface area contributed by atoms with Crippen LogP contribution in [0.3, 0.4) is 0 Å². The number of rotatable bonds is 3. The summed E-state index contributed by atoms with van der Waals surface area (Å²) < 4.78 is 18.6. The van der Waals surface area contributed by atoms with Crippen molar-refractivity contribution < 1.29 is 13.9 Å². The van der Waals surface area contributed by atoms with Gasteiger partial charge in [0.15, 0.2) is 0 Å². The minimum atomic E-state index is -0.460. The van der Waals surface area contributed by atoms with Gasteiger partial charge < -0.3 is 10.1 Å². The number of benzene rings is 1. The van der Waals surface area contributed by atoms with Crippen molar-refractivity contribution >= 4 is 11.6 Å². The van der Waals surface area contributed by atoms with Gasteiger partial charge in [-0.15, -0.1) is 0 Å². The number of halogens is 1. The second-order valence-corrected chi connectivity index (χ2v) is 4.67. The first kappa shape index (κ1) is 12.9. The number of carbonyl (C=O) groups excluding carboxylic acids is 1. The highest BCUT2D eigenvalue weighted by Gasteiger charge is 2.21. The normalized spacial score (nSPS) is 16.3. The maximum absolute atomic E-state index is 13.7. The number of amides is 1. The Morgan fingerprint density at radius 3 is 2.67 bits per heavy atom. The Morgan fingerprint density at radius 2 is 2.06 bits per heavy atom. The topological polar surface area (TPSA) is 38.3 Å². The average molecular weight is 251 g/mol. The molecule has 0 saturated heterocycles. The average Bonchev–Trinajstić information content (AvgIpc) is 2.42. The van der Waals surface area contributed by atoms with Crippen molar-refractivity contribution in [2.24, 2.45) is 5.92 Å². The number of ether oxygens (including phenoxy) is 1. The van der Waals surface area contributed by atoms with Gasteiger partial charge in [0.05, 0.1) is 12.8 Å². The van der Waals surface area contributed by atoms with E-state index in [1.807, 2.05) is 0 Å². The van der Waals surface area contributed by atoms with Gasteiger partial charge in [-0.05, 0) is 25.0 Å². The Kier molecular flexibility index (Phi) is 4.18. The first-order valence-electron chi connectivity index (χ1n) is 6.35. The molecule has 0 aliphatic heterocycles. The molecule has 1 N–H and O–H groups in total. The van der Waals surface area contributed by atoms with Crippen LogP contribution in [0.15, 0.2) is 18.2 Å². The van der Waals surface area contributed by atoms with Crippen LogP contribution in [0.5, 0.6) is 5.75 Å². The smallest absolute Gasteiger partial charge is 0.227 e. The van der Waals surface area contributed by atoms with Crippen molar-refractivity contribution in [2.75, 3.05) is 12.4 Å². The van der Waals surface area contributed by atoms with Crippen LogP contribution >= 0.6 is 0 Å². The molecule has 0 aromatic heterocycles. The lowest BCUT2D eigenvalue weighted by Gasteiger charge is -2.20. The summed E-state index contributed by atoms with van der Waals surface area (Å²) in [5.41, 5.74) is 0.228. The zero-order chi connectivity index (χ0) is 13.0. The maximum Gasteiger partial charge on any atom is 0.227 e. The molecule has 2 rings (SSSR count). The number of methoxy groups -OCH3 is 1. The van der Waals surface area contributed by atoms with Crippen LogP contribution in [-0.4, -0.2) is 13.0 Å². The standard InChI is InChI=1S/C14H18FNO2/c1-18-11-7-8-13(12(15)9-11)16-14(17)10-5-3-2-4-6-10/h7-10H,2-6H2,1H3,(H,16,17). The molecule has 0 heterocycles. The van der Waals surface area contributed by atoms with Crippen molar-refractivity contribution in [1.82, 2.24) is 0 Å². The summed E-state index contributed by atoms with van der Waals surface area (Å²) in [5.74, 6) is -0.0549. The van der Waals surface area contributed by atoms with Crippen LogP contribution < -0.4 is 10.1 Å². The zero-order valence-corrected chi connectivity index (χ0v) is 10.5. The van der Waals surface area contributed by atoms with Gasteiger partial charge in [0.25, 0.3) is 0 Å². The van der Waals surface area contributed by atoms with Crippen molar-refractivity contribution in [3.05, 3.63) is 24.0 Å². The molecule has 1 amide bonds. The molecular formula is C14H18FNO2. The van der Waals surface area contributed by atoms with E-state index >= 15 is 0 Å². The summed E-state index contributed by atoms with van der Waals surface area (Å²) in [6.07, 6.45) is 5.18. The Bertz CT molecular complexity index is 428. The van der Waals surface area contributed by atoms with Crippen LogP contribution in [0, 0.1) is 11.7 Å². The number of hydrogen-bond donors (Lipinski definition) is 1. The molecule has 0 unspecified atom stereocenters. The minimum Gasteiger partial charge on any atom is -0.497 e. The highest BCUT2D eigenvalue weighted by atomic mass is 19.1. The van der Waals surface area contributed by atoms with Crippen molar-refractivity contribution in [2.45, 2.75) is 32.1 Å². The third-order valence-corrected chi connectivity index (χ3v) is 3.41. The van der Waals surface area contributed by atoms with Crippen LogP contribution in [0.2, 0.25) is 0 Å². The largest absolute Gasteiger partial charge is 0.497 e. The third kappa shape index (κ3) is 3.00. The highest BCUT2D eigenvalue weighted by Crippen LogP contribution is 2.26. The van der Waals surface area contributed by atoms with Crippen molar-refractivity contribution in [3.8, 4) is 5.75 Å². The van der Waals surface area contributed by atoms with Gasteiger partial charge in [-0.1, -0.05) is 19.3 Å². The van der Waals surface area contributed by atoms with E-state index in [4.69, 9.17) is 4.74 Å². The first-order valence-corrected chi connectivity index (χ1v) is 6.35. The quantitative estimate of drug-likeness (QED) is 0.894. The number of anilines is 1. The molecule has 0 spiro atoms. The molecule has 1 aliphatic rings. The summed E-state index contributed by atoms with van der Waals surface area (Å²) >= 11 is 0. The molecule has 1 fully saturated rings. The predicted octanol–water partition coefficient (Wildman–Crippen LogP) is 3.35. The minimum absolute atomic E-state index is 0.0280. The van der Waals surface area contributed by atoms with Gasteiger partial charge in [-0.3, -0.25) is 4.79 Å². The monoisotopic (exact) mass is 251 g/mol. The molecule has 3 nitrogen and oxygen atoms in total. The van der Waals surface area contributed by atoms with Crippen LogP contribution in [-0.2, 0) is 4.79 Å². The predicted molar refractivity (Wildman–Crippen MR) is 68.2 cm³/mol. The third-order valence-electron chi connectivity index (χ3n) is 3.41. The van der Waals surface area contributed by atoms with E-state index in [-0.39, 0.29) is 17.5 Å². The molecule has 98 valence electrons. The fourth-order valence-corrected chi connectivity index (χ4v) is 2.32. The van der Waals surface area contributed by atoms with E-state index in [1.165, 1.54) is 25.7 Å². The lowest BCUT2D eigenvalue weighted by atomic mass is 9.88. The molecule has 1 aromatic rings. The van der Waals surface area contributed by atoms with Crippen LogP contribution in [0.25, 0.3) is 0 Å². The van der Waals surface area contributed by atoms with Crippen LogP contribution in [0.4, 0.5) is 10.1 Å². The second-order valence-electron chi connectivity index (χ2n) is 4.67. The number of nitrogens with one attached hydrogen (secondary N) is 1. The van der Waals surface area contributed by atoms with Gasteiger partial charge in [-0.2, -0.15) is 0 Å². The van der Waals surface area contributed by atoms with E-state index in [9.17, 15) is 9.18 Å². The highest BCUT2D eigenvalue weighted by molar-refractivity contribution is 5.92. The molecule has 4 heteroatoms. The number of carbonyl (C=O) groups is 1. The number of hydrogen-bond acceptors (Lipinski definition) is 2. The molecule has 18 heavy (non-hydrogen) atoms.